The van der Waals surface area contributed by atoms with Gasteiger partial charge in [-0.2, -0.15) is 0 Å². The van der Waals surface area contributed by atoms with Crippen molar-refractivity contribution in [3.05, 3.63) is 29.3 Å². The summed E-state index contributed by atoms with van der Waals surface area (Å²) in [5, 5.41) is 2.82. The third-order valence-electron chi connectivity index (χ3n) is 7.18. The Morgan fingerprint density at radius 3 is 2.67 bits per heavy atom. The lowest BCUT2D eigenvalue weighted by atomic mass is 9.88. The molecule has 3 fully saturated rings. The molecule has 0 aromatic heterocycles. The molecule has 0 bridgehead atoms. The van der Waals surface area contributed by atoms with Gasteiger partial charge in [-0.05, 0) is 55.7 Å². The molecule has 30 heavy (non-hydrogen) atoms. The number of urea groups is 1. The highest BCUT2D eigenvalue weighted by atomic mass is 16.2. The third kappa shape index (κ3) is 3.77. The van der Waals surface area contributed by atoms with E-state index in [0.29, 0.717) is 43.0 Å². The molecule has 0 spiro atoms. The predicted octanol–water partition coefficient (Wildman–Crippen LogP) is 2.63. The van der Waals surface area contributed by atoms with Crippen LogP contribution in [0.5, 0.6) is 0 Å². The smallest absolute Gasteiger partial charge is 0.322 e. The largest absolute Gasteiger partial charge is 0.343 e. The zero-order chi connectivity index (χ0) is 21.4. The summed E-state index contributed by atoms with van der Waals surface area (Å²) in [5.74, 6) is 1.28. The molecule has 0 radical (unpaired) electrons. The Balaban J connectivity index is 1.45. The molecule has 7 nitrogen and oxygen atoms in total. The van der Waals surface area contributed by atoms with Crippen LogP contribution < -0.4 is 10.2 Å². The van der Waals surface area contributed by atoms with Crippen molar-refractivity contribution in [2.75, 3.05) is 38.1 Å². The second-order valence-corrected chi connectivity index (χ2v) is 8.93. The first-order chi connectivity index (χ1) is 14.4. The van der Waals surface area contributed by atoms with Crippen LogP contribution in [0.2, 0.25) is 0 Å². The van der Waals surface area contributed by atoms with E-state index < -0.39 is 0 Å². The van der Waals surface area contributed by atoms with Crippen LogP contribution in [0.4, 0.5) is 10.5 Å². The summed E-state index contributed by atoms with van der Waals surface area (Å²) >= 11 is 0. The van der Waals surface area contributed by atoms with Gasteiger partial charge in [0.1, 0.15) is 0 Å². The van der Waals surface area contributed by atoms with Gasteiger partial charge in [-0.25, -0.2) is 4.79 Å². The van der Waals surface area contributed by atoms with E-state index in [9.17, 15) is 14.4 Å². The average molecular weight is 413 g/mol. The third-order valence-corrected chi connectivity index (χ3v) is 7.18. The number of nitrogens with zero attached hydrogens (tertiary/aromatic N) is 3. The Hall–Kier alpha value is -2.57. The number of hydrogen-bond acceptors (Lipinski definition) is 3. The van der Waals surface area contributed by atoms with E-state index >= 15 is 0 Å². The monoisotopic (exact) mass is 412 g/mol. The lowest BCUT2D eigenvalue weighted by Crippen LogP contribution is -2.42. The fourth-order valence-electron chi connectivity index (χ4n) is 5.32. The van der Waals surface area contributed by atoms with E-state index in [1.54, 1.807) is 4.90 Å². The maximum absolute atomic E-state index is 13.3. The lowest BCUT2D eigenvalue weighted by molar-refractivity contribution is -0.131. The standard InChI is InChI=1S/C23H32N4O3/c1-4-21(28)25(3)19-11-16-7-9-26(14-18(16)12-19)22(29)17-6-5-15(2)20(13-17)27-10-8-24-23(27)30/h5-6,13,16,18-19H,4,7-12,14H2,1-3H3,(H,24,30)/t16-,18-,19+/m1/s1. The molecule has 2 saturated heterocycles. The topological polar surface area (TPSA) is 73.0 Å². The Kier molecular flexibility index (Phi) is 5.71. The van der Waals surface area contributed by atoms with E-state index in [2.05, 4.69) is 5.32 Å². The summed E-state index contributed by atoms with van der Waals surface area (Å²) in [7, 11) is 1.92. The minimum atomic E-state index is -0.105. The lowest BCUT2D eigenvalue weighted by Gasteiger charge is -2.35. The normalized spacial score (nSPS) is 25.8. The van der Waals surface area contributed by atoms with Crippen molar-refractivity contribution in [1.82, 2.24) is 15.1 Å². The number of benzene rings is 1. The first-order valence-electron chi connectivity index (χ1n) is 11.1. The number of piperidine rings is 1. The summed E-state index contributed by atoms with van der Waals surface area (Å²) in [6.45, 7) is 6.63. The average Bonchev–Trinajstić information content (AvgIpc) is 3.37. The van der Waals surface area contributed by atoms with Crippen molar-refractivity contribution >= 4 is 23.5 Å². The second-order valence-electron chi connectivity index (χ2n) is 8.93. The van der Waals surface area contributed by atoms with E-state index in [4.69, 9.17) is 0 Å². The van der Waals surface area contributed by atoms with Crippen LogP contribution in [0.25, 0.3) is 0 Å². The van der Waals surface area contributed by atoms with Gasteiger partial charge < -0.3 is 15.1 Å². The Morgan fingerprint density at radius 2 is 1.97 bits per heavy atom. The number of hydrogen-bond donors (Lipinski definition) is 1. The number of likely N-dealkylation sites (tertiary alicyclic amines) is 1. The predicted molar refractivity (Wildman–Crippen MR) is 116 cm³/mol. The van der Waals surface area contributed by atoms with Crippen LogP contribution in [0.15, 0.2) is 18.2 Å². The van der Waals surface area contributed by atoms with Crippen molar-refractivity contribution in [1.29, 1.82) is 0 Å². The minimum absolute atomic E-state index is 0.0377. The maximum Gasteiger partial charge on any atom is 0.322 e. The van der Waals surface area contributed by atoms with E-state index in [1.807, 2.05) is 48.9 Å². The van der Waals surface area contributed by atoms with Crippen LogP contribution in [0.1, 0.15) is 48.5 Å². The highest BCUT2D eigenvalue weighted by Gasteiger charge is 2.41. The van der Waals surface area contributed by atoms with Crippen LogP contribution in [-0.4, -0.2) is 66.9 Å². The van der Waals surface area contributed by atoms with Gasteiger partial charge in [0.25, 0.3) is 5.91 Å². The maximum atomic E-state index is 13.3. The summed E-state index contributed by atoms with van der Waals surface area (Å²) < 4.78 is 0. The number of carbonyl (C=O) groups excluding carboxylic acids is 3. The van der Waals surface area contributed by atoms with Crippen LogP contribution in [0.3, 0.4) is 0 Å². The number of nitrogens with one attached hydrogen (secondary N) is 1. The highest BCUT2D eigenvalue weighted by Crippen LogP contribution is 2.40. The van der Waals surface area contributed by atoms with Crippen molar-refractivity contribution in [2.45, 2.75) is 45.6 Å². The van der Waals surface area contributed by atoms with Gasteiger partial charge in [0.05, 0.1) is 0 Å². The molecule has 1 aromatic carbocycles. The molecule has 1 aliphatic carbocycles. The SMILES string of the molecule is CCC(=O)N(C)[C@H]1C[C@H]2CCN(C(=O)c3ccc(C)c(N4CCNC4=O)c3)C[C@H]2C1. The number of amides is 4. The Labute approximate surface area is 178 Å². The molecule has 3 aliphatic rings. The fourth-order valence-corrected chi connectivity index (χ4v) is 5.32. The van der Waals surface area contributed by atoms with Crippen molar-refractivity contribution in [3.63, 3.8) is 0 Å². The molecular formula is C23H32N4O3. The number of carbonyl (C=O) groups is 3. The summed E-state index contributed by atoms with van der Waals surface area (Å²) in [4.78, 5) is 43.0. The number of rotatable bonds is 4. The van der Waals surface area contributed by atoms with E-state index in [0.717, 1.165) is 43.6 Å². The zero-order valence-corrected chi connectivity index (χ0v) is 18.2. The molecule has 7 heteroatoms. The minimum Gasteiger partial charge on any atom is -0.343 e. The second kappa shape index (κ2) is 8.28. The first kappa shape index (κ1) is 20.7. The van der Waals surface area contributed by atoms with Gasteiger partial charge in [0, 0.05) is 56.9 Å². The first-order valence-corrected chi connectivity index (χ1v) is 11.1. The molecule has 3 atom stereocenters. The molecule has 1 N–H and O–H groups in total. The van der Waals surface area contributed by atoms with Crippen molar-refractivity contribution < 1.29 is 14.4 Å². The number of fused-ring (bicyclic) bond motifs is 1. The Bertz CT molecular complexity index is 855. The summed E-state index contributed by atoms with van der Waals surface area (Å²) in [5.41, 5.74) is 2.44. The van der Waals surface area contributed by atoms with Crippen LogP contribution in [0, 0.1) is 18.8 Å². The molecule has 1 saturated carbocycles. The summed E-state index contributed by atoms with van der Waals surface area (Å²) in [6, 6.07) is 5.85. The van der Waals surface area contributed by atoms with Gasteiger partial charge in [-0.3, -0.25) is 14.5 Å². The van der Waals surface area contributed by atoms with Gasteiger partial charge in [-0.15, -0.1) is 0 Å². The molecule has 4 amide bonds. The molecule has 2 aliphatic heterocycles. The van der Waals surface area contributed by atoms with Gasteiger partial charge >= 0.3 is 6.03 Å². The summed E-state index contributed by atoms with van der Waals surface area (Å²) in [6.07, 6.45) is 3.56. The quantitative estimate of drug-likeness (QED) is 0.826. The molecule has 1 aromatic rings. The fraction of sp³-hybridized carbons (Fsp3) is 0.609. The van der Waals surface area contributed by atoms with Crippen LogP contribution in [-0.2, 0) is 4.79 Å². The van der Waals surface area contributed by atoms with Crippen molar-refractivity contribution in [3.8, 4) is 0 Å². The van der Waals surface area contributed by atoms with E-state index in [-0.39, 0.29) is 17.8 Å². The van der Waals surface area contributed by atoms with Gasteiger partial charge in [0.2, 0.25) is 5.91 Å². The molecular weight excluding hydrogens is 380 g/mol. The number of anilines is 1. The van der Waals surface area contributed by atoms with E-state index in [1.165, 1.54) is 0 Å². The molecule has 0 unspecified atom stereocenters. The Morgan fingerprint density at radius 1 is 1.20 bits per heavy atom. The zero-order valence-electron chi connectivity index (χ0n) is 18.2. The number of aryl methyl sites for hydroxylation is 1. The van der Waals surface area contributed by atoms with Gasteiger partial charge in [0.15, 0.2) is 0 Å². The molecule has 4 rings (SSSR count). The van der Waals surface area contributed by atoms with Crippen LogP contribution >= 0.6 is 0 Å². The van der Waals surface area contributed by atoms with Gasteiger partial charge in [-0.1, -0.05) is 13.0 Å². The molecule has 2 heterocycles. The molecule has 162 valence electrons. The van der Waals surface area contributed by atoms with Crippen molar-refractivity contribution in [2.24, 2.45) is 11.8 Å². The highest BCUT2D eigenvalue weighted by molar-refractivity contribution is 5.99.